The number of aryl methyl sites for hydroxylation is 1. The van der Waals surface area contributed by atoms with Crippen LogP contribution in [0.2, 0.25) is 0 Å². The molecule has 1 unspecified atom stereocenters. The van der Waals surface area contributed by atoms with Crippen molar-refractivity contribution in [2.75, 3.05) is 5.32 Å². The molecule has 0 heterocycles. The summed E-state index contributed by atoms with van der Waals surface area (Å²) < 4.78 is 13.3. The third-order valence-corrected chi connectivity index (χ3v) is 3.97. The Kier molecular flexibility index (Phi) is 4.94. The van der Waals surface area contributed by atoms with Crippen LogP contribution in [0.25, 0.3) is 0 Å². The summed E-state index contributed by atoms with van der Waals surface area (Å²) in [4.78, 5) is 23.8. The molecule has 21 heavy (non-hydrogen) atoms. The number of benzene rings is 1. The number of nitrogens with one attached hydrogen (secondary N) is 2. The molecule has 0 aliphatic heterocycles. The minimum absolute atomic E-state index is 0.155. The van der Waals surface area contributed by atoms with Gasteiger partial charge in [-0.2, -0.15) is 0 Å². The lowest BCUT2D eigenvalue weighted by atomic mass is 9.97. The molecule has 5 heteroatoms. The number of carbonyl (C=O) groups is 2. The second-order valence-corrected chi connectivity index (χ2v) is 5.67. The molecule has 0 spiro atoms. The molecule has 2 N–H and O–H groups in total. The van der Waals surface area contributed by atoms with Crippen LogP contribution >= 0.6 is 0 Å². The van der Waals surface area contributed by atoms with Crippen LogP contribution in [0.15, 0.2) is 18.2 Å². The van der Waals surface area contributed by atoms with Crippen LogP contribution in [-0.2, 0) is 9.59 Å². The average molecular weight is 292 g/mol. The van der Waals surface area contributed by atoms with E-state index in [2.05, 4.69) is 10.6 Å². The number of hydrogen-bond donors (Lipinski definition) is 2. The summed E-state index contributed by atoms with van der Waals surface area (Å²) in [5, 5.41) is 5.47. The molecule has 2 amide bonds. The van der Waals surface area contributed by atoms with Gasteiger partial charge in [0.05, 0.1) is 0 Å². The molecule has 0 bridgehead atoms. The Balaban J connectivity index is 2.13. The zero-order chi connectivity index (χ0) is 15.4. The number of hydrogen-bond acceptors (Lipinski definition) is 2. The maximum Gasteiger partial charge on any atom is 0.247 e. The molecule has 2 rings (SSSR count). The van der Waals surface area contributed by atoms with E-state index in [9.17, 15) is 14.0 Å². The summed E-state index contributed by atoms with van der Waals surface area (Å²) in [6.45, 7) is 3.21. The SMILES string of the molecule is CC(=O)NC(C(=O)Nc1cc(F)ccc1C)C1CCCC1. The highest BCUT2D eigenvalue weighted by atomic mass is 19.1. The lowest BCUT2D eigenvalue weighted by Crippen LogP contribution is -2.47. The van der Waals surface area contributed by atoms with Crippen LogP contribution in [0.4, 0.5) is 10.1 Å². The van der Waals surface area contributed by atoms with E-state index < -0.39 is 11.9 Å². The van der Waals surface area contributed by atoms with Crippen molar-refractivity contribution in [3.63, 3.8) is 0 Å². The van der Waals surface area contributed by atoms with E-state index in [0.29, 0.717) is 5.69 Å². The van der Waals surface area contributed by atoms with Crippen molar-refractivity contribution in [3.05, 3.63) is 29.6 Å². The summed E-state index contributed by atoms with van der Waals surface area (Å²) in [6.07, 6.45) is 4.01. The average Bonchev–Trinajstić information content (AvgIpc) is 2.93. The Morgan fingerprint density at radius 3 is 2.57 bits per heavy atom. The van der Waals surface area contributed by atoms with Crippen molar-refractivity contribution in [2.45, 2.75) is 45.6 Å². The van der Waals surface area contributed by atoms with Crippen molar-refractivity contribution >= 4 is 17.5 Å². The molecular formula is C16H21FN2O2. The highest BCUT2D eigenvalue weighted by Gasteiger charge is 2.31. The van der Waals surface area contributed by atoms with Gasteiger partial charge in [-0.15, -0.1) is 0 Å². The molecule has 1 atom stereocenters. The van der Waals surface area contributed by atoms with E-state index in [4.69, 9.17) is 0 Å². The quantitative estimate of drug-likeness (QED) is 0.896. The molecule has 114 valence electrons. The summed E-state index contributed by atoms with van der Waals surface area (Å²) in [5.41, 5.74) is 1.24. The van der Waals surface area contributed by atoms with E-state index in [-0.39, 0.29) is 17.7 Å². The highest BCUT2D eigenvalue weighted by molar-refractivity contribution is 5.97. The van der Waals surface area contributed by atoms with Gasteiger partial charge in [-0.25, -0.2) is 4.39 Å². The molecule has 1 aromatic carbocycles. The van der Waals surface area contributed by atoms with Crippen LogP contribution < -0.4 is 10.6 Å². The lowest BCUT2D eigenvalue weighted by molar-refractivity contribution is -0.126. The molecule has 4 nitrogen and oxygen atoms in total. The molecule has 0 radical (unpaired) electrons. The first-order valence-corrected chi connectivity index (χ1v) is 7.31. The molecule has 0 aromatic heterocycles. The van der Waals surface area contributed by atoms with E-state index in [0.717, 1.165) is 31.2 Å². The van der Waals surface area contributed by atoms with E-state index in [1.807, 2.05) is 0 Å². The first-order valence-electron chi connectivity index (χ1n) is 7.31. The maximum atomic E-state index is 13.3. The van der Waals surface area contributed by atoms with Gasteiger partial charge >= 0.3 is 0 Å². The third-order valence-electron chi connectivity index (χ3n) is 3.97. The van der Waals surface area contributed by atoms with E-state index in [1.165, 1.54) is 19.1 Å². The molecule has 0 saturated heterocycles. The summed E-state index contributed by atoms with van der Waals surface area (Å²) >= 11 is 0. The predicted octanol–water partition coefficient (Wildman–Crippen LogP) is 2.77. The smallest absolute Gasteiger partial charge is 0.247 e. The fraction of sp³-hybridized carbons (Fsp3) is 0.500. The van der Waals surface area contributed by atoms with Gasteiger partial charge in [0.2, 0.25) is 11.8 Å². The molecule has 1 fully saturated rings. The topological polar surface area (TPSA) is 58.2 Å². The van der Waals surface area contributed by atoms with Crippen molar-refractivity contribution in [3.8, 4) is 0 Å². The number of amides is 2. The van der Waals surface area contributed by atoms with Crippen LogP contribution in [0.5, 0.6) is 0 Å². The van der Waals surface area contributed by atoms with Crippen LogP contribution in [-0.4, -0.2) is 17.9 Å². The zero-order valence-corrected chi connectivity index (χ0v) is 12.4. The lowest BCUT2D eigenvalue weighted by Gasteiger charge is -2.23. The van der Waals surface area contributed by atoms with Gasteiger partial charge in [0, 0.05) is 12.6 Å². The predicted molar refractivity (Wildman–Crippen MR) is 79.3 cm³/mol. The van der Waals surface area contributed by atoms with Crippen molar-refractivity contribution in [2.24, 2.45) is 5.92 Å². The summed E-state index contributed by atoms with van der Waals surface area (Å²) in [7, 11) is 0. The van der Waals surface area contributed by atoms with Gasteiger partial charge in [0.1, 0.15) is 11.9 Å². The normalized spacial score (nSPS) is 16.5. The van der Waals surface area contributed by atoms with Gasteiger partial charge in [0.25, 0.3) is 0 Å². The second-order valence-electron chi connectivity index (χ2n) is 5.67. The van der Waals surface area contributed by atoms with Gasteiger partial charge in [-0.1, -0.05) is 18.9 Å². The Morgan fingerprint density at radius 2 is 1.95 bits per heavy atom. The van der Waals surface area contributed by atoms with Crippen LogP contribution in [0.1, 0.15) is 38.2 Å². The largest absolute Gasteiger partial charge is 0.344 e. The molecule has 1 aliphatic rings. The van der Waals surface area contributed by atoms with E-state index in [1.54, 1.807) is 13.0 Å². The minimum atomic E-state index is -0.548. The summed E-state index contributed by atoms with van der Waals surface area (Å²) in [5.74, 6) is -0.737. The first-order chi connectivity index (χ1) is 9.97. The number of rotatable bonds is 4. The van der Waals surface area contributed by atoms with Gasteiger partial charge < -0.3 is 10.6 Å². The number of anilines is 1. The molecule has 1 aromatic rings. The Hall–Kier alpha value is -1.91. The highest BCUT2D eigenvalue weighted by Crippen LogP contribution is 2.28. The van der Waals surface area contributed by atoms with Crippen molar-refractivity contribution in [1.29, 1.82) is 0 Å². The van der Waals surface area contributed by atoms with E-state index >= 15 is 0 Å². The first kappa shape index (κ1) is 15.5. The standard InChI is InChI=1S/C16H21FN2O2/c1-10-7-8-13(17)9-14(10)19-16(21)15(18-11(2)20)12-5-3-4-6-12/h7-9,12,15H,3-6H2,1-2H3,(H,18,20)(H,19,21). The fourth-order valence-electron chi connectivity index (χ4n) is 2.85. The minimum Gasteiger partial charge on any atom is -0.344 e. The third kappa shape index (κ3) is 4.03. The molecule has 1 saturated carbocycles. The van der Waals surface area contributed by atoms with Crippen LogP contribution in [0, 0.1) is 18.7 Å². The van der Waals surface area contributed by atoms with Crippen molar-refractivity contribution in [1.82, 2.24) is 5.32 Å². The zero-order valence-electron chi connectivity index (χ0n) is 12.4. The number of carbonyl (C=O) groups excluding carboxylic acids is 2. The van der Waals surface area contributed by atoms with Gasteiger partial charge in [0.15, 0.2) is 0 Å². The summed E-state index contributed by atoms with van der Waals surface area (Å²) in [6, 6.07) is 3.72. The van der Waals surface area contributed by atoms with Crippen molar-refractivity contribution < 1.29 is 14.0 Å². The monoisotopic (exact) mass is 292 g/mol. The van der Waals surface area contributed by atoms with Crippen LogP contribution in [0.3, 0.4) is 0 Å². The Labute approximate surface area is 124 Å². The fourth-order valence-corrected chi connectivity index (χ4v) is 2.85. The number of halogens is 1. The van der Waals surface area contributed by atoms with Gasteiger partial charge in [-0.3, -0.25) is 9.59 Å². The maximum absolute atomic E-state index is 13.3. The Bertz CT molecular complexity index is 539. The Morgan fingerprint density at radius 1 is 1.29 bits per heavy atom. The molecule has 1 aliphatic carbocycles. The van der Waals surface area contributed by atoms with Gasteiger partial charge in [-0.05, 0) is 43.4 Å². The second kappa shape index (κ2) is 6.70. The molecular weight excluding hydrogens is 271 g/mol.